The fourth-order valence-corrected chi connectivity index (χ4v) is 2.30. The van der Waals surface area contributed by atoms with Gasteiger partial charge in [0.05, 0.1) is 6.42 Å². The maximum atomic E-state index is 11.8. The van der Waals surface area contributed by atoms with E-state index in [2.05, 4.69) is 19.2 Å². The maximum Gasteiger partial charge on any atom is 0.224 e. The average Bonchev–Trinajstić information content (AvgIpc) is 2.46. The molecule has 3 heteroatoms. The van der Waals surface area contributed by atoms with E-state index in [1.54, 1.807) is 0 Å². The van der Waals surface area contributed by atoms with Crippen molar-refractivity contribution in [1.82, 2.24) is 5.32 Å². The van der Waals surface area contributed by atoms with Gasteiger partial charge in [-0.1, -0.05) is 63.8 Å². The summed E-state index contributed by atoms with van der Waals surface area (Å²) in [6.07, 6.45) is 6.63. The number of amides is 1. The van der Waals surface area contributed by atoms with Crippen LogP contribution >= 0.6 is 0 Å². The molecular formula is C18H30N2O. The molecule has 0 atom stereocenters. The lowest BCUT2D eigenvalue weighted by Gasteiger charge is -2.07. The molecule has 0 unspecified atom stereocenters. The number of carbonyl (C=O) groups is 1. The second-order valence-electron chi connectivity index (χ2n) is 6.14. The monoisotopic (exact) mass is 290 g/mol. The summed E-state index contributed by atoms with van der Waals surface area (Å²) in [5, 5.41) is 3.00. The fourth-order valence-electron chi connectivity index (χ4n) is 2.30. The van der Waals surface area contributed by atoms with E-state index in [4.69, 9.17) is 5.73 Å². The summed E-state index contributed by atoms with van der Waals surface area (Å²) in [4.78, 5) is 11.8. The van der Waals surface area contributed by atoms with Crippen LogP contribution in [0.5, 0.6) is 0 Å². The molecule has 0 radical (unpaired) electrons. The van der Waals surface area contributed by atoms with Crippen LogP contribution in [0.1, 0.15) is 57.1 Å². The lowest BCUT2D eigenvalue weighted by atomic mass is 10.0. The highest BCUT2D eigenvalue weighted by molar-refractivity contribution is 5.78. The zero-order chi connectivity index (χ0) is 15.5. The first-order valence-corrected chi connectivity index (χ1v) is 8.16. The van der Waals surface area contributed by atoms with Crippen molar-refractivity contribution >= 4 is 5.91 Å². The van der Waals surface area contributed by atoms with Gasteiger partial charge >= 0.3 is 0 Å². The first kappa shape index (κ1) is 17.7. The van der Waals surface area contributed by atoms with Crippen molar-refractivity contribution in [2.24, 2.45) is 11.7 Å². The van der Waals surface area contributed by atoms with Gasteiger partial charge in [0.15, 0.2) is 0 Å². The van der Waals surface area contributed by atoms with Gasteiger partial charge in [-0.15, -0.1) is 0 Å². The number of nitrogens with one attached hydrogen (secondary N) is 1. The van der Waals surface area contributed by atoms with Crippen molar-refractivity contribution in [2.75, 3.05) is 6.54 Å². The van der Waals surface area contributed by atoms with Crippen LogP contribution in [-0.2, 0) is 17.8 Å². The Hall–Kier alpha value is -1.35. The molecule has 118 valence electrons. The Morgan fingerprint density at radius 3 is 2.29 bits per heavy atom. The van der Waals surface area contributed by atoms with E-state index in [1.165, 1.54) is 25.7 Å². The second kappa shape index (κ2) is 10.4. The Balaban J connectivity index is 2.08. The summed E-state index contributed by atoms with van der Waals surface area (Å²) in [7, 11) is 0. The molecule has 1 aromatic carbocycles. The van der Waals surface area contributed by atoms with E-state index >= 15 is 0 Å². The van der Waals surface area contributed by atoms with Crippen molar-refractivity contribution in [3.8, 4) is 0 Å². The lowest BCUT2D eigenvalue weighted by molar-refractivity contribution is -0.120. The Bertz CT molecular complexity index is 398. The second-order valence-corrected chi connectivity index (χ2v) is 6.14. The van der Waals surface area contributed by atoms with E-state index < -0.39 is 0 Å². The Labute approximate surface area is 129 Å². The Morgan fingerprint density at radius 1 is 1.05 bits per heavy atom. The number of nitrogens with two attached hydrogens (primary N) is 1. The SMILES string of the molecule is CC(C)CCCCCCNC(=O)Cc1ccc(CN)cc1. The highest BCUT2D eigenvalue weighted by Crippen LogP contribution is 2.09. The van der Waals surface area contributed by atoms with Crippen LogP contribution in [0.25, 0.3) is 0 Å². The summed E-state index contributed by atoms with van der Waals surface area (Å²) in [6, 6.07) is 7.93. The fraction of sp³-hybridized carbons (Fsp3) is 0.611. The Morgan fingerprint density at radius 2 is 1.67 bits per heavy atom. The molecule has 3 nitrogen and oxygen atoms in total. The van der Waals surface area contributed by atoms with E-state index in [0.717, 1.165) is 30.0 Å². The van der Waals surface area contributed by atoms with Gasteiger partial charge in [0.25, 0.3) is 0 Å². The minimum atomic E-state index is 0.109. The molecule has 21 heavy (non-hydrogen) atoms. The van der Waals surface area contributed by atoms with Gasteiger partial charge in [0, 0.05) is 13.1 Å². The molecule has 1 rings (SSSR count). The number of hydrogen-bond acceptors (Lipinski definition) is 2. The smallest absolute Gasteiger partial charge is 0.224 e. The van der Waals surface area contributed by atoms with Crippen molar-refractivity contribution in [3.05, 3.63) is 35.4 Å². The molecular weight excluding hydrogens is 260 g/mol. The standard InChI is InChI=1S/C18H30N2O/c1-15(2)7-5-3-4-6-12-20-18(21)13-16-8-10-17(14-19)11-9-16/h8-11,15H,3-7,12-14,19H2,1-2H3,(H,20,21). The quantitative estimate of drug-likeness (QED) is 0.649. The molecule has 3 N–H and O–H groups in total. The predicted molar refractivity (Wildman–Crippen MR) is 89.0 cm³/mol. The molecule has 0 spiro atoms. The van der Waals surface area contributed by atoms with E-state index in [9.17, 15) is 4.79 Å². The third-order valence-corrected chi connectivity index (χ3v) is 3.65. The molecule has 1 aromatic rings. The first-order chi connectivity index (χ1) is 10.1. The van der Waals surface area contributed by atoms with Gasteiger partial charge < -0.3 is 11.1 Å². The summed E-state index contributed by atoms with van der Waals surface area (Å²) in [5.74, 6) is 0.910. The minimum Gasteiger partial charge on any atom is -0.356 e. The van der Waals surface area contributed by atoms with Crippen LogP contribution < -0.4 is 11.1 Å². The number of rotatable bonds is 10. The van der Waals surface area contributed by atoms with Crippen LogP contribution in [0, 0.1) is 5.92 Å². The topological polar surface area (TPSA) is 55.1 Å². The lowest BCUT2D eigenvalue weighted by Crippen LogP contribution is -2.26. The van der Waals surface area contributed by atoms with Gasteiger partial charge in [0.1, 0.15) is 0 Å². The van der Waals surface area contributed by atoms with Crippen molar-refractivity contribution in [1.29, 1.82) is 0 Å². The number of hydrogen-bond donors (Lipinski definition) is 2. The van der Waals surface area contributed by atoms with Crippen LogP contribution in [0.3, 0.4) is 0 Å². The summed E-state index contributed by atoms with van der Waals surface area (Å²) >= 11 is 0. The van der Waals surface area contributed by atoms with Gasteiger partial charge in [-0.2, -0.15) is 0 Å². The summed E-state index contributed by atoms with van der Waals surface area (Å²) in [6.45, 7) is 5.87. The van der Waals surface area contributed by atoms with Gasteiger partial charge in [-0.3, -0.25) is 4.79 Å². The average molecular weight is 290 g/mol. The number of benzene rings is 1. The van der Waals surface area contributed by atoms with Crippen molar-refractivity contribution in [2.45, 2.75) is 58.9 Å². The Kier molecular flexibility index (Phi) is 8.76. The summed E-state index contributed by atoms with van der Waals surface area (Å²) in [5.41, 5.74) is 7.69. The molecule has 1 amide bonds. The molecule has 0 fully saturated rings. The van der Waals surface area contributed by atoms with Crippen molar-refractivity contribution < 1.29 is 4.79 Å². The first-order valence-electron chi connectivity index (χ1n) is 8.16. The van der Waals surface area contributed by atoms with Crippen LogP contribution in [0.15, 0.2) is 24.3 Å². The minimum absolute atomic E-state index is 0.109. The third-order valence-electron chi connectivity index (χ3n) is 3.65. The molecule has 0 bridgehead atoms. The normalized spacial score (nSPS) is 10.9. The third kappa shape index (κ3) is 8.51. The van der Waals surface area contributed by atoms with Crippen LogP contribution in [0.4, 0.5) is 0 Å². The predicted octanol–water partition coefficient (Wildman–Crippen LogP) is 3.41. The number of unbranched alkanes of at least 4 members (excludes halogenated alkanes) is 3. The highest BCUT2D eigenvalue weighted by Gasteiger charge is 2.02. The number of carbonyl (C=O) groups excluding carboxylic acids is 1. The van der Waals surface area contributed by atoms with E-state index in [0.29, 0.717) is 13.0 Å². The van der Waals surface area contributed by atoms with Gasteiger partial charge in [0.2, 0.25) is 5.91 Å². The van der Waals surface area contributed by atoms with E-state index in [-0.39, 0.29) is 5.91 Å². The van der Waals surface area contributed by atoms with Crippen LogP contribution in [0.2, 0.25) is 0 Å². The van der Waals surface area contributed by atoms with Crippen LogP contribution in [-0.4, -0.2) is 12.5 Å². The molecule has 0 saturated heterocycles. The molecule has 0 aliphatic carbocycles. The highest BCUT2D eigenvalue weighted by atomic mass is 16.1. The molecule has 0 saturated carbocycles. The molecule has 0 aliphatic rings. The zero-order valence-electron chi connectivity index (χ0n) is 13.5. The zero-order valence-corrected chi connectivity index (χ0v) is 13.5. The summed E-state index contributed by atoms with van der Waals surface area (Å²) < 4.78 is 0. The van der Waals surface area contributed by atoms with Gasteiger partial charge in [-0.25, -0.2) is 0 Å². The molecule has 0 aromatic heterocycles. The van der Waals surface area contributed by atoms with Crippen molar-refractivity contribution in [3.63, 3.8) is 0 Å². The maximum absolute atomic E-state index is 11.8. The largest absolute Gasteiger partial charge is 0.356 e. The molecule has 0 aliphatic heterocycles. The molecule has 0 heterocycles. The van der Waals surface area contributed by atoms with E-state index in [1.807, 2.05) is 24.3 Å². The van der Waals surface area contributed by atoms with Gasteiger partial charge in [-0.05, 0) is 23.5 Å².